The van der Waals surface area contributed by atoms with E-state index in [0.29, 0.717) is 30.4 Å². The number of nitrogens with zero attached hydrogens (tertiary/aromatic N) is 3. The fraction of sp³-hybridized carbons (Fsp3) is 0.111. The first-order valence-electron chi connectivity index (χ1n) is 11.3. The molecular weight excluding hydrogens is 575 g/mol. The monoisotopic (exact) mass is 598 g/mol. The quantitative estimate of drug-likeness (QED) is 0.265. The molecule has 0 fully saturated rings. The van der Waals surface area contributed by atoms with Gasteiger partial charge in [0.25, 0.3) is 0 Å². The lowest BCUT2D eigenvalue weighted by molar-refractivity contribution is 0.405. The molecule has 0 aliphatic heterocycles. The fourth-order valence-corrected chi connectivity index (χ4v) is 5.04. The molecule has 0 spiro atoms. The molecule has 0 radical (unpaired) electrons. The molecule has 37 heavy (non-hydrogen) atoms. The zero-order valence-corrected chi connectivity index (χ0v) is 22.9. The highest BCUT2D eigenvalue weighted by molar-refractivity contribution is 9.10. The van der Waals surface area contributed by atoms with Gasteiger partial charge < -0.3 is 9.80 Å². The average Bonchev–Trinajstić information content (AvgIpc) is 2.88. The summed E-state index contributed by atoms with van der Waals surface area (Å²) in [7, 11) is -3.84. The van der Waals surface area contributed by atoms with Crippen molar-refractivity contribution < 1.29 is 12.8 Å². The maximum Gasteiger partial charge on any atom is 0.238 e. The number of halogens is 2. The lowest BCUT2D eigenvalue weighted by Crippen LogP contribution is -2.42. The van der Waals surface area contributed by atoms with Gasteiger partial charge in [-0.1, -0.05) is 40.2 Å². The van der Waals surface area contributed by atoms with Crippen molar-refractivity contribution in [3.8, 4) is 0 Å². The molecule has 2 N–H and O–H groups in total. The third kappa shape index (κ3) is 7.42. The van der Waals surface area contributed by atoms with Crippen LogP contribution >= 0.6 is 28.1 Å². The van der Waals surface area contributed by atoms with Gasteiger partial charge in [-0.2, -0.15) is 0 Å². The molecule has 0 bridgehead atoms. The number of hydrogen-bond donors (Lipinski definition) is 1. The Kier molecular flexibility index (Phi) is 8.65. The Hall–Kier alpha value is -3.18. The molecule has 190 valence electrons. The van der Waals surface area contributed by atoms with Crippen molar-refractivity contribution in [2.75, 3.05) is 4.90 Å². The number of rotatable bonds is 8. The average molecular weight is 600 g/mol. The van der Waals surface area contributed by atoms with E-state index in [4.69, 9.17) is 17.4 Å². The molecule has 4 aromatic rings. The minimum Gasteiger partial charge on any atom is -0.340 e. The molecule has 0 aliphatic carbocycles. The molecule has 3 aromatic carbocycles. The molecule has 1 heterocycles. The third-order valence-electron chi connectivity index (χ3n) is 5.62. The van der Waals surface area contributed by atoms with Gasteiger partial charge in [0, 0.05) is 35.6 Å². The molecule has 0 aliphatic rings. The van der Waals surface area contributed by atoms with Gasteiger partial charge in [-0.25, -0.2) is 17.9 Å². The number of anilines is 1. The van der Waals surface area contributed by atoms with Crippen molar-refractivity contribution in [1.29, 1.82) is 0 Å². The van der Waals surface area contributed by atoms with Gasteiger partial charge in [-0.3, -0.25) is 4.98 Å². The topological polar surface area (TPSA) is 79.5 Å². The molecule has 10 heteroatoms. The van der Waals surface area contributed by atoms with Crippen LogP contribution in [0.3, 0.4) is 0 Å². The lowest BCUT2D eigenvalue weighted by Gasteiger charge is -2.34. The van der Waals surface area contributed by atoms with E-state index in [1.807, 2.05) is 41.3 Å². The summed E-state index contributed by atoms with van der Waals surface area (Å²) < 4.78 is 38.1. The highest BCUT2D eigenvalue weighted by atomic mass is 79.9. The second-order valence-corrected chi connectivity index (χ2v) is 11.2. The van der Waals surface area contributed by atoms with Gasteiger partial charge in [0.15, 0.2) is 5.11 Å². The molecule has 0 saturated heterocycles. The lowest BCUT2D eigenvalue weighted by atomic mass is 10.1. The van der Waals surface area contributed by atoms with Gasteiger partial charge >= 0.3 is 0 Å². The van der Waals surface area contributed by atoms with E-state index in [0.717, 1.165) is 21.2 Å². The highest BCUT2D eigenvalue weighted by Crippen LogP contribution is 2.24. The van der Waals surface area contributed by atoms with Crippen LogP contribution in [0.5, 0.6) is 0 Å². The second kappa shape index (κ2) is 11.9. The number of sulfonamides is 1. The summed E-state index contributed by atoms with van der Waals surface area (Å²) in [5.41, 5.74) is 3.59. The molecule has 0 unspecified atom stereocenters. The van der Waals surface area contributed by atoms with Gasteiger partial charge in [0.05, 0.1) is 11.4 Å². The Bertz CT molecular complexity index is 1470. The minimum absolute atomic E-state index is 0.00618. The normalized spacial score (nSPS) is 11.2. The zero-order valence-electron chi connectivity index (χ0n) is 19.7. The largest absolute Gasteiger partial charge is 0.340 e. The first kappa shape index (κ1) is 26.9. The molecule has 0 amide bonds. The van der Waals surface area contributed by atoms with E-state index < -0.39 is 10.0 Å². The van der Waals surface area contributed by atoms with E-state index >= 15 is 0 Å². The van der Waals surface area contributed by atoms with Crippen LogP contribution in [0.2, 0.25) is 0 Å². The Morgan fingerprint density at radius 1 is 0.865 bits per heavy atom. The predicted octanol–water partition coefficient (Wildman–Crippen LogP) is 5.62. The van der Waals surface area contributed by atoms with Gasteiger partial charge in [0.1, 0.15) is 5.82 Å². The maximum absolute atomic E-state index is 13.6. The van der Waals surface area contributed by atoms with Crippen molar-refractivity contribution in [3.05, 3.63) is 124 Å². The van der Waals surface area contributed by atoms with Crippen molar-refractivity contribution in [1.82, 2.24) is 9.88 Å². The molecule has 0 saturated carbocycles. The van der Waals surface area contributed by atoms with Crippen molar-refractivity contribution in [2.24, 2.45) is 5.14 Å². The van der Waals surface area contributed by atoms with E-state index in [9.17, 15) is 12.8 Å². The number of nitrogens with two attached hydrogens (primary N) is 1. The SMILES string of the molecule is NS(=O)(=O)c1ccc(N(Cc2ccc(F)cc2)C(=S)N(Cc2ccncc2)Cc2cccc(Br)c2)cc1. The number of aromatic nitrogens is 1. The Labute approximate surface area is 229 Å². The maximum atomic E-state index is 13.6. The van der Waals surface area contributed by atoms with Crippen LogP contribution in [0.15, 0.2) is 107 Å². The van der Waals surface area contributed by atoms with E-state index in [-0.39, 0.29) is 10.7 Å². The molecule has 1 aromatic heterocycles. The summed E-state index contributed by atoms with van der Waals surface area (Å²) in [4.78, 5) is 8.07. The van der Waals surface area contributed by atoms with Crippen molar-refractivity contribution in [2.45, 2.75) is 24.5 Å². The fourth-order valence-electron chi connectivity index (χ4n) is 3.78. The van der Waals surface area contributed by atoms with Crippen LogP contribution < -0.4 is 10.0 Å². The van der Waals surface area contributed by atoms with Crippen LogP contribution in [0.4, 0.5) is 10.1 Å². The number of hydrogen-bond acceptors (Lipinski definition) is 4. The number of benzene rings is 3. The summed E-state index contributed by atoms with van der Waals surface area (Å²) in [6, 6.07) is 24.3. The van der Waals surface area contributed by atoms with Crippen LogP contribution in [0.1, 0.15) is 16.7 Å². The summed E-state index contributed by atoms with van der Waals surface area (Å²) in [6.07, 6.45) is 3.47. The van der Waals surface area contributed by atoms with E-state index in [1.165, 1.54) is 24.3 Å². The third-order valence-corrected chi connectivity index (χ3v) is 7.52. The first-order valence-corrected chi connectivity index (χ1v) is 14.0. The highest BCUT2D eigenvalue weighted by Gasteiger charge is 2.21. The van der Waals surface area contributed by atoms with E-state index in [2.05, 4.69) is 25.8 Å². The number of thiocarbonyl (C=S) groups is 1. The Balaban J connectivity index is 1.72. The Morgan fingerprint density at radius 3 is 2.11 bits per heavy atom. The predicted molar refractivity (Wildman–Crippen MR) is 151 cm³/mol. The van der Waals surface area contributed by atoms with Crippen molar-refractivity contribution >= 4 is 49.0 Å². The van der Waals surface area contributed by atoms with Gasteiger partial charge in [-0.15, -0.1) is 0 Å². The summed E-state index contributed by atoms with van der Waals surface area (Å²) in [5.74, 6) is -0.329. The van der Waals surface area contributed by atoms with Crippen LogP contribution in [0, 0.1) is 5.82 Å². The first-order chi connectivity index (χ1) is 17.7. The Morgan fingerprint density at radius 2 is 1.49 bits per heavy atom. The molecule has 4 rings (SSSR count). The van der Waals surface area contributed by atoms with Crippen LogP contribution in [-0.4, -0.2) is 23.4 Å². The second-order valence-electron chi connectivity index (χ2n) is 8.38. The number of pyridine rings is 1. The smallest absolute Gasteiger partial charge is 0.238 e. The zero-order chi connectivity index (χ0) is 26.4. The van der Waals surface area contributed by atoms with Gasteiger partial charge in [0.2, 0.25) is 10.0 Å². The molecular formula is C27H24BrFN4O2S2. The summed E-state index contributed by atoms with van der Waals surface area (Å²) in [6.45, 7) is 1.39. The van der Waals surface area contributed by atoms with Gasteiger partial charge in [-0.05, 0) is 89.6 Å². The van der Waals surface area contributed by atoms with E-state index in [1.54, 1.807) is 36.7 Å². The van der Waals surface area contributed by atoms with Crippen molar-refractivity contribution in [3.63, 3.8) is 0 Å². The summed E-state index contributed by atoms with van der Waals surface area (Å²) in [5, 5.41) is 5.81. The van der Waals surface area contributed by atoms with Crippen LogP contribution in [0.25, 0.3) is 0 Å². The van der Waals surface area contributed by atoms with Crippen LogP contribution in [-0.2, 0) is 29.7 Å². The standard InChI is InChI=1S/C27H24BrFN4O2S2/c28-23-3-1-2-22(16-23)18-32(17-21-12-14-31-15-13-21)27(36)33(19-20-4-6-24(29)7-5-20)25-8-10-26(11-9-25)37(30,34)35/h1-16H,17-19H2,(H2,30,34,35). The molecule has 6 nitrogen and oxygen atoms in total. The minimum atomic E-state index is -3.84. The number of primary sulfonamides is 1. The summed E-state index contributed by atoms with van der Waals surface area (Å²) >= 11 is 9.58. The molecule has 0 atom stereocenters.